The SMILES string of the molecule is CC(CN(C)P)NC(=O)c1cc(CO)on1. The van der Waals surface area contributed by atoms with Gasteiger partial charge in [-0.05, 0) is 14.0 Å². The minimum absolute atomic E-state index is 0.00396. The number of hydrogen-bond acceptors (Lipinski definition) is 5. The average molecular weight is 245 g/mol. The Bertz CT molecular complexity index is 354. The minimum atomic E-state index is -0.303. The van der Waals surface area contributed by atoms with E-state index in [0.29, 0.717) is 6.54 Å². The third-order valence-corrected chi connectivity index (χ3v) is 2.10. The highest BCUT2D eigenvalue weighted by atomic mass is 31.0. The van der Waals surface area contributed by atoms with Crippen LogP contribution in [0.1, 0.15) is 23.2 Å². The highest BCUT2D eigenvalue weighted by molar-refractivity contribution is 7.13. The molecule has 6 nitrogen and oxygen atoms in total. The lowest BCUT2D eigenvalue weighted by Gasteiger charge is -2.17. The molecule has 0 saturated heterocycles. The molecule has 16 heavy (non-hydrogen) atoms. The summed E-state index contributed by atoms with van der Waals surface area (Å²) in [7, 11) is 4.42. The van der Waals surface area contributed by atoms with Crippen LogP contribution < -0.4 is 5.32 Å². The van der Waals surface area contributed by atoms with Crippen molar-refractivity contribution in [1.29, 1.82) is 0 Å². The Labute approximate surface area is 96.2 Å². The Balaban J connectivity index is 2.51. The molecule has 0 aromatic carbocycles. The molecule has 2 unspecified atom stereocenters. The zero-order chi connectivity index (χ0) is 12.1. The number of amides is 1. The van der Waals surface area contributed by atoms with Gasteiger partial charge in [-0.25, -0.2) is 0 Å². The van der Waals surface area contributed by atoms with Gasteiger partial charge in [0.2, 0.25) is 0 Å². The summed E-state index contributed by atoms with van der Waals surface area (Å²) in [5.74, 6) is -0.0243. The first kappa shape index (κ1) is 13.1. The van der Waals surface area contributed by atoms with Crippen LogP contribution >= 0.6 is 9.39 Å². The van der Waals surface area contributed by atoms with Crippen molar-refractivity contribution in [3.8, 4) is 0 Å². The van der Waals surface area contributed by atoms with Crippen molar-refractivity contribution < 1.29 is 14.4 Å². The Morgan fingerprint density at radius 2 is 2.50 bits per heavy atom. The number of carbonyl (C=O) groups excluding carboxylic acids is 1. The molecule has 0 fully saturated rings. The van der Waals surface area contributed by atoms with E-state index in [4.69, 9.17) is 9.63 Å². The second kappa shape index (κ2) is 5.94. The lowest BCUT2D eigenvalue weighted by Crippen LogP contribution is -2.38. The molecule has 1 heterocycles. The van der Waals surface area contributed by atoms with Crippen LogP contribution in [0.4, 0.5) is 0 Å². The van der Waals surface area contributed by atoms with Crippen molar-refractivity contribution in [3.63, 3.8) is 0 Å². The van der Waals surface area contributed by atoms with Crippen LogP contribution in [0.5, 0.6) is 0 Å². The molecule has 1 aromatic heterocycles. The predicted molar refractivity (Wildman–Crippen MR) is 61.7 cm³/mol. The quantitative estimate of drug-likeness (QED) is 0.714. The summed E-state index contributed by atoms with van der Waals surface area (Å²) in [6.45, 7) is 2.34. The van der Waals surface area contributed by atoms with E-state index in [2.05, 4.69) is 19.9 Å². The van der Waals surface area contributed by atoms with Crippen molar-refractivity contribution in [1.82, 2.24) is 15.1 Å². The van der Waals surface area contributed by atoms with E-state index < -0.39 is 0 Å². The molecule has 0 saturated carbocycles. The number of aliphatic hydroxyl groups is 1. The number of likely N-dealkylation sites (N-methyl/N-ethyl adjacent to an activating group) is 1. The van der Waals surface area contributed by atoms with Crippen LogP contribution in [0, 0.1) is 0 Å². The number of nitrogens with zero attached hydrogens (tertiary/aromatic N) is 2. The molecule has 0 bridgehead atoms. The minimum Gasteiger partial charge on any atom is -0.388 e. The fourth-order valence-corrected chi connectivity index (χ4v) is 1.59. The summed E-state index contributed by atoms with van der Waals surface area (Å²) in [4.78, 5) is 11.6. The van der Waals surface area contributed by atoms with Gasteiger partial charge in [-0.2, -0.15) is 0 Å². The van der Waals surface area contributed by atoms with Crippen molar-refractivity contribution >= 4 is 15.3 Å². The zero-order valence-electron chi connectivity index (χ0n) is 9.30. The van der Waals surface area contributed by atoms with Crippen LogP contribution in [0.2, 0.25) is 0 Å². The van der Waals surface area contributed by atoms with E-state index in [-0.39, 0.29) is 30.0 Å². The fourth-order valence-electron chi connectivity index (χ4n) is 1.27. The number of carbonyl (C=O) groups is 1. The highest BCUT2D eigenvalue weighted by Gasteiger charge is 2.14. The van der Waals surface area contributed by atoms with Crippen LogP contribution in [-0.4, -0.2) is 40.5 Å². The maximum atomic E-state index is 11.6. The summed E-state index contributed by atoms with van der Waals surface area (Å²) >= 11 is 0. The van der Waals surface area contributed by atoms with Gasteiger partial charge in [0.15, 0.2) is 11.5 Å². The van der Waals surface area contributed by atoms with Gasteiger partial charge < -0.3 is 14.9 Å². The summed E-state index contributed by atoms with van der Waals surface area (Å²) in [6, 6.07) is 1.43. The second-order valence-corrected chi connectivity index (χ2v) is 4.53. The van der Waals surface area contributed by atoms with Gasteiger partial charge in [0, 0.05) is 18.7 Å². The van der Waals surface area contributed by atoms with Crippen LogP contribution in [0.25, 0.3) is 0 Å². The molecule has 1 amide bonds. The molecular formula is C9H16N3O3P. The Morgan fingerprint density at radius 3 is 3.00 bits per heavy atom. The Hall–Kier alpha value is -0.970. The first-order valence-corrected chi connectivity index (χ1v) is 5.37. The third-order valence-electron chi connectivity index (χ3n) is 1.89. The summed E-state index contributed by atoms with van der Waals surface area (Å²) < 4.78 is 6.62. The smallest absolute Gasteiger partial charge is 0.273 e. The van der Waals surface area contributed by atoms with E-state index in [9.17, 15) is 4.79 Å². The van der Waals surface area contributed by atoms with Gasteiger partial charge in [-0.1, -0.05) is 14.5 Å². The topological polar surface area (TPSA) is 78.6 Å². The number of rotatable bonds is 5. The van der Waals surface area contributed by atoms with Crippen molar-refractivity contribution in [2.24, 2.45) is 0 Å². The van der Waals surface area contributed by atoms with Gasteiger partial charge in [0.05, 0.1) is 0 Å². The van der Waals surface area contributed by atoms with Crippen molar-refractivity contribution in [3.05, 3.63) is 17.5 Å². The van der Waals surface area contributed by atoms with E-state index in [1.165, 1.54) is 6.07 Å². The fraction of sp³-hybridized carbons (Fsp3) is 0.556. The van der Waals surface area contributed by atoms with E-state index >= 15 is 0 Å². The molecule has 2 atom stereocenters. The predicted octanol–water partition coefficient (Wildman–Crippen LogP) is 0.00710. The molecule has 0 radical (unpaired) electrons. The van der Waals surface area contributed by atoms with E-state index in [1.54, 1.807) is 0 Å². The first-order valence-electron chi connectivity index (χ1n) is 4.86. The van der Waals surface area contributed by atoms with Crippen LogP contribution in [0.3, 0.4) is 0 Å². The third kappa shape index (κ3) is 3.89. The molecule has 0 aliphatic rings. The lowest BCUT2D eigenvalue weighted by atomic mass is 10.3. The van der Waals surface area contributed by atoms with Crippen LogP contribution in [0.15, 0.2) is 10.6 Å². The standard InChI is InChI=1S/C9H16N3O3P/c1-6(4-12(2)16)10-9(14)8-3-7(5-13)15-11-8/h3,6,13H,4-5,16H2,1-2H3,(H,10,14). The van der Waals surface area contributed by atoms with Gasteiger partial charge in [-0.3, -0.25) is 9.46 Å². The second-order valence-electron chi connectivity index (χ2n) is 3.65. The maximum absolute atomic E-state index is 11.6. The molecule has 1 aromatic rings. The van der Waals surface area contributed by atoms with Gasteiger partial charge in [0.1, 0.15) is 6.61 Å². The lowest BCUT2D eigenvalue weighted by molar-refractivity contribution is 0.0927. The number of aliphatic hydroxyl groups excluding tert-OH is 1. The van der Waals surface area contributed by atoms with E-state index in [1.807, 2.05) is 18.6 Å². The molecule has 1 rings (SSSR count). The van der Waals surface area contributed by atoms with Crippen molar-refractivity contribution in [2.75, 3.05) is 13.6 Å². The molecule has 90 valence electrons. The molecule has 2 N–H and O–H groups in total. The maximum Gasteiger partial charge on any atom is 0.273 e. The number of hydrogen-bond donors (Lipinski definition) is 2. The summed E-state index contributed by atoms with van der Waals surface area (Å²) in [6.07, 6.45) is 0. The Kier molecular flexibility index (Phi) is 4.86. The highest BCUT2D eigenvalue weighted by Crippen LogP contribution is 2.04. The normalized spacial score (nSPS) is 12.8. The van der Waals surface area contributed by atoms with Gasteiger partial charge >= 0.3 is 0 Å². The van der Waals surface area contributed by atoms with Crippen molar-refractivity contribution in [2.45, 2.75) is 19.6 Å². The molecule has 0 aliphatic heterocycles. The number of aromatic nitrogens is 1. The first-order chi connectivity index (χ1) is 7.52. The molecule has 0 spiro atoms. The monoisotopic (exact) mass is 245 g/mol. The molecular weight excluding hydrogens is 229 g/mol. The van der Waals surface area contributed by atoms with Gasteiger partial charge in [0.25, 0.3) is 5.91 Å². The van der Waals surface area contributed by atoms with Crippen LogP contribution in [-0.2, 0) is 6.61 Å². The molecule has 0 aliphatic carbocycles. The summed E-state index contributed by atoms with van der Waals surface area (Å²) in [5, 5.41) is 15.1. The average Bonchev–Trinajstić information content (AvgIpc) is 2.64. The van der Waals surface area contributed by atoms with Gasteiger partial charge in [-0.15, -0.1) is 0 Å². The number of nitrogens with one attached hydrogen (secondary N) is 1. The Morgan fingerprint density at radius 1 is 1.81 bits per heavy atom. The largest absolute Gasteiger partial charge is 0.388 e. The summed E-state index contributed by atoms with van der Waals surface area (Å²) in [5.41, 5.74) is 0.183. The van der Waals surface area contributed by atoms with E-state index in [0.717, 1.165) is 0 Å². The zero-order valence-corrected chi connectivity index (χ0v) is 10.5. The molecule has 7 heteroatoms.